The molecule has 1 fully saturated rings. The minimum atomic E-state index is -0.263. The highest BCUT2D eigenvalue weighted by atomic mass is 16.5. The van der Waals surface area contributed by atoms with E-state index < -0.39 is 0 Å². The van der Waals surface area contributed by atoms with Crippen LogP contribution in [-0.4, -0.2) is 22.7 Å². The van der Waals surface area contributed by atoms with E-state index in [1.54, 1.807) is 12.1 Å². The van der Waals surface area contributed by atoms with Crippen LogP contribution < -0.4 is 10.1 Å². The standard InChI is InChI=1S/C20H27N3O3/c1-2-3-7-14-25-17-12-10-15(11-13-17)18(24)21-20-23-22-19(26-20)16-8-5-4-6-9-16/h10-13,16H,2-9,14H2,1H3,(H,21,23,24). The Bertz CT molecular complexity index is 691. The summed E-state index contributed by atoms with van der Waals surface area (Å²) in [5.74, 6) is 1.47. The highest BCUT2D eigenvalue weighted by Crippen LogP contribution is 2.32. The van der Waals surface area contributed by atoms with Crippen molar-refractivity contribution in [3.8, 4) is 5.75 Å². The molecular weight excluding hydrogens is 330 g/mol. The van der Waals surface area contributed by atoms with E-state index in [9.17, 15) is 4.79 Å². The Morgan fingerprint density at radius 1 is 1.15 bits per heavy atom. The molecule has 0 spiro atoms. The second-order valence-corrected chi connectivity index (χ2v) is 6.81. The van der Waals surface area contributed by atoms with Crippen molar-refractivity contribution in [1.29, 1.82) is 0 Å². The first-order valence-electron chi connectivity index (χ1n) is 9.64. The number of ether oxygens (including phenoxy) is 1. The maximum absolute atomic E-state index is 12.3. The SMILES string of the molecule is CCCCCOc1ccc(C(=O)Nc2nnc(C3CCCCC3)o2)cc1. The van der Waals surface area contributed by atoms with Gasteiger partial charge in [-0.3, -0.25) is 10.1 Å². The zero-order valence-corrected chi connectivity index (χ0v) is 15.4. The molecule has 1 aromatic heterocycles. The predicted molar refractivity (Wildman–Crippen MR) is 99.5 cm³/mol. The second kappa shape index (κ2) is 9.36. The zero-order chi connectivity index (χ0) is 18.2. The van der Waals surface area contributed by atoms with Gasteiger partial charge in [0.2, 0.25) is 5.89 Å². The highest BCUT2D eigenvalue weighted by molar-refractivity contribution is 6.03. The van der Waals surface area contributed by atoms with Gasteiger partial charge >= 0.3 is 6.01 Å². The fourth-order valence-corrected chi connectivity index (χ4v) is 3.21. The molecule has 26 heavy (non-hydrogen) atoms. The molecule has 0 atom stereocenters. The molecular formula is C20H27N3O3. The van der Waals surface area contributed by atoms with Crippen LogP contribution in [0.3, 0.4) is 0 Å². The molecule has 0 unspecified atom stereocenters. The summed E-state index contributed by atoms with van der Waals surface area (Å²) in [5, 5.41) is 10.7. The van der Waals surface area contributed by atoms with E-state index in [0.717, 1.165) is 31.4 Å². The Morgan fingerprint density at radius 3 is 2.65 bits per heavy atom. The zero-order valence-electron chi connectivity index (χ0n) is 15.4. The first kappa shape index (κ1) is 18.4. The molecule has 0 bridgehead atoms. The van der Waals surface area contributed by atoms with Crippen LogP contribution in [0.25, 0.3) is 0 Å². The number of nitrogens with zero attached hydrogens (tertiary/aromatic N) is 2. The lowest BCUT2D eigenvalue weighted by atomic mass is 9.89. The minimum Gasteiger partial charge on any atom is -0.494 e. The molecule has 1 N–H and O–H groups in total. The molecule has 6 nitrogen and oxygen atoms in total. The number of aromatic nitrogens is 2. The molecule has 1 aliphatic carbocycles. The molecule has 1 saturated carbocycles. The molecule has 1 aliphatic rings. The van der Waals surface area contributed by atoms with Crippen molar-refractivity contribution >= 4 is 11.9 Å². The molecule has 1 amide bonds. The van der Waals surface area contributed by atoms with Crippen molar-refractivity contribution in [3.05, 3.63) is 35.7 Å². The van der Waals surface area contributed by atoms with E-state index in [1.165, 1.54) is 25.7 Å². The second-order valence-electron chi connectivity index (χ2n) is 6.81. The van der Waals surface area contributed by atoms with E-state index in [0.29, 0.717) is 24.0 Å². The summed E-state index contributed by atoms with van der Waals surface area (Å²) >= 11 is 0. The molecule has 1 aromatic carbocycles. The van der Waals surface area contributed by atoms with Crippen molar-refractivity contribution < 1.29 is 13.9 Å². The molecule has 0 aliphatic heterocycles. The number of hydrogen-bond acceptors (Lipinski definition) is 5. The number of carbonyl (C=O) groups excluding carboxylic acids is 1. The molecule has 0 radical (unpaired) electrons. The Balaban J connectivity index is 1.52. The van der Waals surface area contributed by atoms with E-state index in [1.807, 2.05) is 12.1 Å². The van der Waals surface area contributed by atoms with Gasteiger partial charge in [-0.05, 0) is 43.5 Å². The number of amides is 1. The van der Waals surface area contributed by atoms with Crippen molar-refractivity contribution in [3.63, 3.8) is 0 Å². The van der Waals surface area contributed by atoms with Gasteiger partial charge in [0.25, 0.3) is 5.91 Å². The van der Waals surface area contributed by atoms with Gasteiger partial charge in [-0.25, -0.2) is 0 Å². The summed E-state index contributed by atoms with van der Waals surface area (Å²) in [4.78, 5) is 12.3. The number of carbonyl (C=O) groups is 1. The normalized spacial score (nSPS) is 15.0. The fourth-order valence-electron chi connectivity index (χ4n) is 3.21. The van der Waals surface area contributed by atoms with Crippen LogP contribution in [0.4, 0.5) is 6.01 Å². The molecule has 140 valence electrons. The van der Waals surface area contributed by atoms with Crippen LogP contribution in [-0.2, 0) is 0 Å². The Hall–Kier alpha value is -2.37. The molecule has 6 heteroatoms. The third-order valence-electron chi connectivity index (χ3n) is 4.75. The quantitative estimate of drug-likeness (QED) is 0.677. The van der Waals surface area contributed by atoms with Crippen LogP contribution >= 0.6 is 0 Å². The predicted octanol–water partition coefficient (Wildman–Crippen LogP) is 4.94. The average molecular weight is 357 g/mol. The fraction of sp³-hybridized carbons (Fsp3) is 0.550. The Kier molecular flexibility index (Phi) is 6.63. The summed E-state index contributed by atoms with van der Waals surface area (Å²) in [5.41, 5.74) is 0.531. The lowest BCUT2D eigenvalue weighted by molar-refractivity contribution is 0.102. The van der Waals surface area contributed by atoms with Gasteiger partial charge in [0, 0.05) is 11.5 Å². The summed E-state index contributed by atoms with van der Waals surface area (Å²) < 4.78 is 11.3. The number of hydrogen-bond donors (Lipinski definition) is 1. The number of anilines is 1. The first-order chi connectivity index (χ1) is 12.8. The van der Waals surface area contributed by atoms with E-state index in [4.69, 9.17) is 9.15 Å². The molecule has 3 rings (SSSR count). The monoisotopic (exact) mass is 357 g/mol. The minimum absolute atomic E-state index is 0.162. The number of benzene rings is 1. The van der Waals surface area contributed by atoms with E-state index >= 15 is 0 Å². The maximum Gasteiger partial charge on any atom is 0.322 e. The van der Waals surface area contributed by atoms with Gasteiger partial charge < -0.3 is 9.15 Å². The Morgan fingerprint density at radius 2 is 1.92 bits per heavy atom. The number of nitrogens with one attached hydrogen (secondary N) is 1. The van der Waals surface area contributed by atoms with Crippen molar-refractivity contribution in [2.75, 3.05) is 11.9 Å². The molecule has 2 aromatic rings. The van der Waals surface area contributed by atoms with Crippen molar-refractivity contribution in [2.45, 2.75) is 64.2 Å². The summed E-state index contributed by atoms with van der Waals surface area (Å²) in [6.45, 7) is 2.86. The van der Waals surface area contributed by atoms with E-state index in [-0.39, 0.29) is 11.9 Å². The number of unbranched alkanes of at least 4 members (excludes halogenated alkanes) is 2. The van der Waals surface area contributed by atoms with Gasteiger partial charge in [0.05, 0.1) is 6.61 Å². The summed E-state index contributed by atoms with van der Waals surface area (Å²) in [6.07, 6.45) is 9.19. The van der Waals surface area contributed by atoms with Crippen LogP contribution in [0.5, 0.6) is 5.75 Å². The highest BCUT2D eigenvalue weighted by Gasteiger charge is 2.22. The van der Waals surface area contributed by atoms with Crippen LogP contribution in [0.15, 0.2) is 28.7 Å². The largest absolute Gasteiger partial charge is 0.494 e. The third kappa shape index (κ3) is 5.07. The Labute approximate surface area is 154 Å². The first-order valence-corrected chi connectivity index (χ1v) is 9.64. The number of rotatable bonds is 8. The van der Waals surface area contributed by atoms with Crippen LogP contribution in [0, 0.1) is 0 Å². The lowest BCUT2D eigenvalue weighted by Crippen LogP contribution is -2.12. The lowest BCUT2D eigenvalue weighted by Gasteiger charge is -2.17. The van der Waals surface area contributed by atoms with Gasteiger partial charge in [0.15, 0.2) is 0 Å². The van der Waals surface area contributed by atoms with Gasteiger partial charge in [-0.15, -0.1) is 5.10 Å². The van der Waals surface area contributed by atoms with Gasteiger partial charge in [0.1, 0.15) is 5.75 Å². The summed E-state index contributed by atoms with van der Waals surface area (Å²) in [7, 11) is 0. The topological polar surface area (TPSA) is 77.2 Å². The van der Waals surface area contributed by atoms with Crippen molar-refractivity contribution in [1.82, 2.24) is 10.2 Å². The molecule has 0 saturated heterocycles. The third-order valence-corrected chi connectivity index (χ3v) is 4.75. The van der Waals surface area contributed by atoms with E-state index in [2.05, 4.69) is 22.4 Å². The van der Waals surface area contributed by atoms with Crippen molar-refractivity contribution in [2.24, 2.45) is 0 Å². The maximum atomic E-state index is 12.3. The van der Waals surface area contributed by atoms with Crippen LogP contribution in [0.2, 0.25) is 0 Å². The van der Waals surface area contributed by atoms with Gasteiger partial charge in [-0.1, -0.05) is 44.1 Å². The van der Waals surface area contributed by atoms with Gasteiger partial charge in [-0.2, -0.15) is 0 Å². The summed E-state index contributed by atoms with van der Waals surface area (Å²) in [6, 6.07) is 7.26. The van der Waals surface area contributed by atoms with Crippen LogP contribution in [0.1, 0.15) is 80.5 Å². The molecule has 1 heterocycles. The smallest absolute Gasteiger partial charge is 0.322 e. The average Bonchev–Trinajstić information content (AvgIpc) is 3.15.